The Morgan fingerprint density at radius 1 is 1.14 bits per heavy atom. The number of aromatic nitrogens is 2. The molecule has 2 aliphatic rings. The third-order valence-electron chi connectivity index (χ3n) is 6.99. The first-order chi connectivity index (χ1) is 17.4. The van der Waals surface area contributed by atoms with Gasteiger partial charge in [-0.1, -0.05) is 18.2 Å². The van der Waals surface area contributed by atoms with Crippen molar-refractivity contribution in [2.75, 3.05) is 49.6 Å². The summed E-state index contributed by atoms with van der Waals surface area (Å²) in [6, 6.07) is 9.29. The molecule has 3 aromatic rings. The zero-order chi connectivity index (χ0) is 25.2. The summed E-state index contributed by atoms with van der Waals surface area (Å²) in [5, 5.41) is 12.3. The number of hydrogen-bond donors (Lipinski definition) is 1. The zero-order valence-corrected chi connectivity index (χ0v) is 20.0. The second-order valence-electron chi connectivity index (χ2n) is 9.25. The molecule has 3 heterocycles. The van der Waals surface area contributed by atoms with Gasteiger partial charge in [-0.05, 0) is 31.5 Å². The van der Waals surface area contributed by atoms with Gasteiger partial charge in [-0.15, -0.1) is 0 Å². The molecule has 10 heteroatoms. The number of benzene rings is 2. The molecule has 2 saturated heterocycles. The molecule has 190 valence electrons. The maximum Gasteiger partial charge on any atom is 0.266 e. The lowest BCUT2D eigenvalue weighted by Gasteiger charge is -2.37. The third kappa shape index (κ3) is 4.82. The minimum atomic E-state index is -2.88. The van der Waals surface area contributed by atoms with Crippen molar-refractivity contribution in [1.29, 1.82) is 0 Å². The number of halogens is 3. The van der Waals surface area contributed by atoms with Crippen LogP contribution in [-0.4, -0.2) is 60.4 Å². The van der Waals surface area contributed by atoms with E-state index >= 15 is 0 Å². The first kappa shape index (κ1) is 24.3. The van der Waals surface area contributed by atoms with Crippen molar-refractivity contribution in [3.63, 3.8) is 0 Å². The predicted molar refractivity (Wildman–Crippen MR) is 131 cm³/mol. The second kappa shape index (κ2) is 10.3. The van der Waals surface area contributed by atoms with Gasteiger partial charge in [0.25, 0.3) is 6.43 Å². The van der Waals surface area contributed by atoms with Gasteiger partial charge in [-0.3, -0.25) is 4.79 Å². The summed E-state index contributed by atoms with van der Waals surface area (Å²) in [6.45, 7) is 5.57. The van der Waals surface area contributed by atoms with E-state index in [1.54, 1.807) is 13.1 Å². The lowest BCUT2D eigenvalue weighted by atomic mass is 10.0. The van der Waals surface area contributed by atoms with Crippen LogP contribution >= 0.6 is 0 Å². The summed E-state index contributed by atoms with van der Waals surface area (Å²) in [7, 11) is 0. The third-order valence-corrected chi connectivity index (χ3v) is 6.99. The average molecular weight is 500 g/mol. The Hall–Kier alpha value is -3.40. The van der Waals surface area contributed by atoms with Gasteiger partial charge < -0.3 is 19.9 Å². The highest BCUT2D eigenvalue weighted by atomic mass is 19.3. The Kier molecular flexibility index (Phi) is 6.95. The summed E-state index contributed by atoms with van der Waals surface area (Å²) in [6.07, 6.45) is -0.544. The van der Waals surface area contributed by atoms with Crippen molar-refractivity contribution in [2.24, 2.45) is 5.92 Å². The van der Waals surface area contributed by atoms with Gasteiger partial charge in [-0.25, -0.2) is 13.2 Å². The van der Waals surface area contributed by atoms with Crippen LogP contribution < -0.4 is 10.2 Å². The van der Waals surface area contributed by atoms with Crippen molar-refractivity contribution in [1.82, 2.24) is 15.1 Å². The Balaban J connectivity index is 1.33. The van der Waals surface area contributed by atoms with Crippen molar-refractivity contribution >= 4 is 28.2 Å². The maximum absolute atomic E-state index is 14.7. The van der Waals surface area contributed by atoms with Crippen molar-refractivity contribution in [3.05, 3.63) is 59.5 Å². The van der Waals surface area contributed by atoms with Crippen molar-refractivity contribution < 1.29 is 22.7 Å². The van der Waals surface area contributed by atoms with Crippen LogP contribution in [0.4, 0.5) is 24.5 Å². The number of rotatable bonds is 6. The fourth-order valence-electron chi connectivity index (χ4n) is 4.91. The first-order valence-electron chi connectivity index (χ1n) is 12.1. The highest BCUT2D eigenvalue weighted by Gasteiger charge is 2.30. The number of piperazine rings is 1. The van der Waals surface area contributed by atoms with E-state index in [0.717, 1.165) is 23.6 Å². The van der Waals surface area contributed by atoms with E-state index in [1.165, 1.54) is 12.1 Å². The monoisotopic (exact) mass is 499 g/mol. The molecular formula is C26H28F3N5O2. The second-order valence-corrected chi connectivity index (χ2v) is 9.25. The number of nitrogens with zero attached hydrogens (tertiary/aromatic N) is 4. The first-order valence-corrected chi connectivity index (χ1v) is 12.1. The van der Waals surface area contributed by atoms with E-state index in [-0.39, 0.29) is 17.4 Å². The minimum absolute atomic E-state index is 0.0300. The van der Waals surface area contributed by atoms with Crippen LogP contribution in [0.5, 0.6) is 0 Å². The number of amides is 1. The number of hydrogen-bond acceptors (Lipinski definition) is 6. The molecule has 5 rings (SSSR count). The number of carbonyl (C=O) groups is 1. The number of anilines is 2. The summed E-state index contributed by atoms with van der Waals surface area (Å²) in [5.74, 6) is -0.765. The van der Waals surface area contributed by atoms with Gasteiger partial charge in [0.2, 0.25) is 5.91 Å². The summed E-state index contributed by atoms with van der Waals surface area (Å²) < 4.78 is 46.4. The molecule has 1 unspecified atom stereocenters. The summed E-state index contributed by atoms with van der Waals surface area (Å²) in [4.78, 5) is 16.8. The van der Waals surface area contributed by atoms with Gasteiger partial charge in [0.1, 0.15) is 5.82 Å². The molecule has 0 aliphatic carbocycles. The molecule has 2 aromatic carbocycles. The number of nitrogens with one attached hydrogen (secondary N) is 1. The van der Waals surface area contributed by atoms with Crippen LogP contribution in [-0.2, 0) is 9.53 Å². The molecule has 1 N–H and O–H groups in total. The van der Waals surface area contributed by atoms with E-state index in [2.05, 4.69) is 20.4 Å². The smallest absolute Gasteiger partial charge is 0.266 e. The molecule has 1 amide bonds. The van der Waals surface area contributed by atoms with E-state index in [9.17, 15) is 18.0 Å². The molecule has 1 aromatic heterocycles. The van der Waals surface area contributed by atoms with Crippen molar-refractivity contribution in [2.45, 2.75) is 25.8 Å². The topological polar surface area (TPSA) is 70.6 Å². The number of fused-ring (bicyclic) bond motifs is 1. The highest BCUT2D eigenvalue weighted by Crippen LogP contribution is 2.32. The summed E-state index contributed by atoms with van der Waals surface area (Å²) in [5.41, 5.74) is 1.81. The Morgan fingerprint density at radius 2 is 1.92 bits per heavy atom. The Bertz CT molecular complexity index is 1240. The van der Waals surface area contributed by atoms with Crippen LogP contribution in [0.25, 0.3) is 10.9 Å². The summed E-state index contributed by atoms with van der Waals surface area (Å²) >= 11 is 0. The van der Waals surface area contributed by atoms with Crippen LogP contribution in [0.15, 0.2) is 42.6 Å². The Labute approximate surface area is 207 Å². The van der Waals surface area contributed by atoms with E-state index in [0.29, 0.717) is 50.6 Å². The van der Waals surface area contributed by atoms with Crippen LogP contribution in [0.1, 0.15) is 36.9 Å². The number of carbonyl (C=O) groups excluding carboxylic acids is 1. The fourth-order valence-corrected chi connectivity index (χ4v) is 4.91. The normalized spacial score (nSPS) is 19.2. The predicted octanol–water partition coefficient (Wildman–Crippen LogP) is 4.56. The molecule has 0 spiro atoms. The Morgan fingerprint density at radius 3 is 2.64 bits per heavy atom. The van der Waals surface area contributed by atoms with E-state index in [1.807, 2.05) is 23.1 Å². The largest absolute Gasteiger partial charge is 0.381 e. The average Bonchev–Trinajstić information content (AvgIpc) is 3.43. The van der Waals surface area contributed by atoms with Gasteiger partial charge in [-0.2, -0.15) is 10.2 Å². The molecular weight excluding hydrogens is 471 g/mol. The number of alkyl halides is 2. The van der Waals surface area contributed by atoms with E-state index < -0.39 is 23.8 Å². The molecule has 0 radical (unpaired) electrons. The maximum atomic E-state index is 14.7. The zero-order valence-electron chi connectivity index (χ0n) is 20.0. The van der Waals surface area contributed by atoms with Gasteiger partial charge >= 0.3 is 0 Å². The minimum Gasteiger partial charge on any atom is -0.381 e. The standard InChI is InChI=1S/C26H28F3N5O2/c1-16(19-3-2-4-20(24(19)27)25(28)29)31-23-14-30-32-22-6-5-18(13-21(22)23)33-8-10-34(11-9-33)26(35)17-7-12-36-15-17/h2-6,13-14,16-17,25H,7-12,15H2,1H3,(H,31,32)/t16-,17?/m1/s1. The molecule has 0 saturated carbocycles. The molecule has 2 atom stereocenters. The van der Waals surface area contributed by atoms with E-state index in [4.69, 9.17) is 4.74 Å². The molecule has 36 heavy (non-hydrogen) atoms. The lowest BCUT2D eigenvalue weighted by molar-refractivity contribution is -0.135. The molecule has 0 bridgehead atoms. The SMILES string of the molecule is C[C@@H](Nc1cnnc2ccc(N3CCN(C(=O)C4CCOC4)CC3)cc12)c1cccc(C(F)F)c1F. The van der Waals surface area contributed by atoms with Gasteiger partial charge in [0, 0.05) is 49.4 Å². The van der Waals surface area contributed by atoms with Crippen molar-refractivity contribution in [3.8, 4) is 0 Å². The van der Waals surface area contributed by atoms with Crippen LogP contribution in [0.2, 0.25) is 0 Å². The number of ether oxygens (including phenoxy) is 1. The fraction of sp³-hybridized carbons (Fsp3) is 0.423. The van der Waals surface area contributed by atoms with Gasteiger partial charge in [0.05, 0.1) is 41.5 Å². The quantitative estimate of drug-likeness (QED) is 0.536. The van der Waals surface area contributed by atoms with Crippen LogP contribution in [0, 0.1) is 11.7 Å². The van der Waals surface area contributed by atoms with Gasteiger partial charge in [0.15, 0.2) is 0 Å². The van der Waals surface area contributed by atoms with Crippen LogP contribution in [0.3, 0.4) is 0 Å². The molecule has 7 nitrogen and oxygen atoms in total. The highest BCUT2D eigenvalue weighted by molar-refractivity contribution is 5.93. The molecule has 2 fully saturated rings. The molecule has 2 aliphatic heterocycles. The lowest BCUT2D eigenvalue weighted by Crippen LogP contribution is -2.50.